The lowest BCUT2D eigenvalue weighted by atomic mass is 9.54. The van der Waals surface area contributed by atoms with Gasteiger partial charge in [-0.25, -0.2) is 0 Å². The van der Waals surface area contributed by atoms with Gasteiger partial charge in [0.1, 0.15) is 12.2 Å². The highest BCUT2D eigenvalue weighted by molar-refractivity contribution is 5.62. The Hall–Kier alpha value is -1.52. The Morgan fingerprint density at radius 2 is 2.29 bits per heavy atom. The van der Waals surface area contributed by atoms with Gasteiger partial charge in [-0.15, -0.1) is 0 Å². The maximum atomic E-state index is 10.5. The molecule has 0 aromatic heterocycles. The molecule has 1 aromatic rings. The lowest BCUT2D eigenvalue weighted by Gasteiger charge is -2.53. The van der Waals surface area contributed by atoms with Gasteiger partial charge in [-0.2, -0.15) is 0 Å². The van der Waals surface area contributed by atoms with E-state index in [2.05, 4.69) is 17.5 Å². The monoisotopic (exact) mass is 285 g/mol. The first-order chi connectivity index (χ1) is 10.3. The number of piperidine rings is 1. The minimum absolute atomic E-state index is 0.0818. The first-order valence-electron chi connectivity index (χ1n) is 7.72. The molecule has 0 amide bonds. The van der Waals surface area contributed by atoms with E-state index in [0.717, 1.165) is 30.9 Å². The molecule has 5 atom stereocenters. The quantitative estimate of drug-likeness (QED) is 0.760. The topological polar surface area (TPSA) is 50.7 Å². The summed E-state index contributed by atoms with van der Waals surface area (Å²) in [5.74, 6) is 2.06. The second-order valence-electron chi connectivity index (χ2n) is 6.63. The van der Waals surface area contributed by atoms with Crippen LogP contribution in [-0.2, 0) is 11.8 Å². The first kappa shape index (κ1) is 12.1. The molecule has 4 nitrogen and oxygen atoms in total. The van der Waals surface area contributed by atoms with Crippen molar-refractivity contribution in [1.82, 2.24) is 5.32 Å². The number of methoxy groups -OCH3 is 1. The second kappa shape index (κ2) is 3.81. The number of hydrogen-bond acceptors (Lipinski definition) is 4. The molecule has 1 fully saturated rings. The maximum Gasteiger partial charge on any atom is 0.165 e. The van der Waals surface area contributed by atoms with E-state index < -0.39 is 6.10 Å². The molecular weight excluding hydrogens is 266 g/mol. The van der Waals surface area contributed by atoms with Crippen LogP contribution in [-0.4, -0.2) is 37.0 Å². The van der Waals surface area contributed by atoms with Gasteiger partial charge in [0.2, 0.25) is 0 Å². The molecule has 4 aliphatic rings. The third kappa shape index (κ3) is 1.25. The molecule has 110 valence electrons. The van der Waals surface area contributed by atoms with E-state index in [1.807, 2.05) is 12.1 Å². The predicted octanol–water partition coefficient (Wildman–Crippen LogP) is 1.16. The van der Waals surface area contributed by atoms with Crippen molar-refractivity contribution in [2.24, 2.45) is 5.92 Å². The van der Waals surface area contributed by atoms with Crippen LogP contribution in [0.25, 0.3) is 0 Å². The number of benzene rings is 1. The Bertz CT molecular complexity index is 656. The Morgan fingerprint density at radius 1 is 1.38 bits per heavy atom. The van der Waals surface area contributed by atoms with Gasteiger partial charge in [0.25, 0.3) is 0 Å². The smallest absolute Gasteiger partial charge is 0.165 e. The molecule has 21 heavy (non-hydrogen) atoms. The molecule has 5 rings (SSSR count). The molecular formula is C17H19NO3. The highest BCUT2D eigenvalue weighted by Gasteiger charge is 2.63. The Balaban J connectivity index is 1.84. The third-order valence-corrected chi connectivity index (χ3v) is 5.88. The molecule has 1 spiro atoms. The van der Waals surface area contributed by atoms with Gasteiger partial charge in [-0.1, -0.05) is 18.2 Å². The van der Waals surface area contributed by atoms with Gasteiger partial charge in [0.05, 0.1) is 7.11 Å². The van der Waals surface area contributed by atoms with E-state index in [1.54, 1.807) is 7.11 Å². The fourth-order valence-electron chi connectivity index (χ4n) is 5.13. The van der Waals surface area contributed by atoms with Crippen molar-refractivity contribution in [2.45, 2.75) is 36.5 Å². The Labute approximate surface area is 123 Å². The van der Waals surface area contributed by atoms with Crippen LogP contribution in [0.15, 0.2) is 24.3 Å². The Morgan fingerprint density at radius 3 is 3.14 bits per heavy atom. The number of aliphatic hydroxyl groups excluding tert-OH is 1. The summed E-state index contributed by atoms with van der Waals surface area (Å²) in [5, 5.41) is 14.1. The number of rotatable bonds is 1. The molecule has 0 radical (unpaired) electrons. The number of hydrogen-bond donors (Lipinski definition) is 2. The average Bonchev–Trinajstić information content (AvgIpc) is 2.83. The van der Waals surface area contributed by atoms with Crippen LogP contribution in [0.3, 0.4) is 0 Å². The van der Waals surface area contributed by atoms with Gasteiger partial charge in [0.15, 0.2) is 11.5 Å². The SMILES string of the molecule is COc1ccc2c3c1OC1C(O)C=CC4C(C2)NCC[C@@]341. The van der Waals surface area contributed by atoms with Gasteiger partial charge < -0.3 is 19.9 Å². The van der Waals surface area contributed by atoms with Crippen LogP contribution in [0, 0.1) is 5.92 Å². The van der Waals surface area contributed by atoms with E-state index >= 15 is 0 Å². The fraction of sp³-hybridized carbons (Fsp3) is 0.529. The molecule has 4 unspecified atom stereocenters. The first-order valence-corrected chi connectivity index (χ1v) is 7.72. The number of ether oxygens (including phenoxy) is 2. The highest BCUT2D eigenvalue weighted by Crippen LogP contribution is 2.61. The lowest BCUT2D eigenvalue weighted by Crippen LogP contribution is -2.64. The molecule has 2 aliphatic heterocycles. The van der Waals surface area contributed by atoms with Crippen molar-refractivity contribution in [3.05, 3.63) is 35.4 Å². The molecule has 2 bridgehead atoms. The van der Waals surface area contributed by atoms with Crippen molar-refractivity contribution < 1.29 is 14.6 Å². The van der Waals surface area contributed by atoms with E-state index in [-0.39, 0.29) is 11.5 Å². The third-order valence-electron chi connectivity index (χ3n) is 5.88. The number of nitrogens with one attached hydrogen (secondary N) is 1. The summed E-state index contributed by atoms with van der Waals surface area (Å²) in [6.07, 6.45) is 5.43. The van der Waals surface area contributed by atoms with Crippen LogP contribution in [0.4, 0.5) is 0 Å². The average molecular weight is 285 g/mol. The van der Waals surface area contributed by atoms with E-state index in [4.69, 9.17) is 9.47 Å². The summed E-state index contributed by atoms with van der Waals surface area (Å²) in [4.78, 5) is 0. The largest absolute Gasteiger partial charge is 0.493 e. The van der Waals surface area contributed by atoms with E-state index in [0.29, 0.717) is 12.0 Å². The normalized spacial score (nSPS) is 41.4. The van der Waals surface area contributed by atoms with Crippen molar-refractivity contribution in [3.63, 3.8) is 0 Å². The molecule has 1 aromatic carbocycles. The van der Waals surface area contributed by atoms with Crippen molar-refractivity contribution in [1.29, 1.82) is 0 Å². The van der Waals surface area contributed by atoms with Crippen LogP contribution in [0.2, 0.25) is 0 Å². The number of aliphatic hydroxyl groups is 1. The predicted molar refractivity (Wildman–Crippen MR) is 77.8 cm³/mol. The van der Waals surface area contributed by atoms with Gasteiger partial charge in [-0.3, -0.25) is 0 Å². The molecule has 2 N–H and O–H groups in total. The summed E-state index contributed by atoms with van der Waals surface area (Å²) in [7, 11) is 1.68. The van der Waals surface area contributed by atoms with Crippen LogP contribution in [0.1, 0.15) is 17.5 Å². The molecule has 2 heterocycles. The second-order valence-corrected chi connectivity index (χ2v) is 6.63. The van der Waals surface area contributed by atoms with Crippen molar-refractivity contribution in [2.75, 3.05) is 13.7 Å². The summed E-state index contributed by atoms with van der Waals surface area (Å²) in [5.41, 5.74) is 2.57. The van der Waals surface area contributed by atoms with Gasteiger partial charge in [0, 0.05) is 22.9 Å². The zero-order valence-corrected chi connectivity index (χ0v) is 12.0. The zero-order chi connectivity index (χ0) is 14.2. The minimum Gasteiger partial charge on any atom is -0.493 e. The van der Waals surface area contributed by atoms with Crippen LogP contribution in [0.5, 0.6) is 11.5 Å². The van der Waals surface area contributed by atoms with Gasteiger partial charge >= 0.3 is 0 Å². The molecule has 4 heteroatoms. The van der Waals surface area contributed by atoms with Crippen LogP contribution < -0.4 is 14.8 Å². The summed E-state index contributed by atoms with van der Waals surface area (Å²) in [6, 6.07) is 4.62. The van der Waals surface area contributed by atoms with Crippen molar-refractivity contribution >= 4 is 0 Å². The zero-order valence-electron chi connectivity index (χ0n) is 12.0. The lowest BCUT2D eigenvalue weighted by molar-refractivity contribution is -0.0177. The molecule has 0 saturated carbocycles. The Kier molecular flexibility index (Phi) is 2.19. The highest BCUT2D eigenvalue weighted by atomic mass is 16.5. The summed E-state index contributed by atoms with van der Waals surface area (Å²) >= 11 is 0. The van der Waals surface area contributed by atoms with Crippen LogP contribution >= 0.6 is 0 Å². The fourth-order valence-corrected chi connectivity index (χ4v) is 5.13. The maximum absolute atomic E-state index is 10.5. The standard InChI is InChI=1S/C17H19NO3/c1-20-13-5-2-9-8-11-10-3-4-12(19)16-17(10,6-7-18-11)14(9)15(13)21-16/h2-5,10-12,16,18-19H,6-8H2,1H3/t10?,11?,12?,16?,17-/m0/s1. The summed E-state index contributed by atoms with van der Waals surface area (Å²) in [6.45, 7) is 0.984. The van der Waals surface area contributed by atoms with Crippen molar-refractivity contribution in [3.8, 4) is 11.5 Å². The molecule has 2 aliphatic carbocycles. The summed E-state index contributed by atoms with van der Waals surface area (Å²) < 4.78 is 11.8. The molecule has 1 saturated heterocycles. The van der Waals surface area contributed by atoms with E-state index in [1.165, 1.54) is 11.1 Å². The van der Waals surface area contributed by atoms with Gasteiger partial charge in [-0.05, 0) is 31.0 Å². The minimum atomic E-state index is -0.539. The van der Waals surface area contributed by atoms with E-state index in [9.17, 15) is 5.11 Å².